The van der Waals surface area contributed by atoms with Gasteiger partial charge in [0.05, 0.1) is 11.6 Å². The summed E-state index contributed by atoms with van der Waals surface area (Å²) in [6.07, 6.45) is 5.85. The Morgan fingerprint density at radius 1 is 1.00 bits per heavy atom. The highest BCUT2D eigenvalue weighted by Crippen LogP contribution is 2.28. The van der Waals surface area contributed by atoms with Gasteiger partial charge >= 0.3 is 0 Å². The van der Waals surface area contributed by atoms with Gasteiger partial charge in [0.1, 0.15) is 5.69 Å². The van der Waals surface area contributed by atoms with E-state index in [4.69, 9.17) is 0 Å². The molecule has 1 saturated heterocycles. The Morgan fingerprint density at radius 2 is 1.83 bits per heavy atom. The number of hydrogen-bond donors (Lipinski definition) is 0. The number of rotatable bonds is 4. The smallest absolute Gasteiger partial charge is 0.109 e. The van der Waals surface area contributed by atoms with Crippen LogP contribution in [0.5, 0.6) is 0 Å². The summed E-state index contributed by atoms with van der Waals surface area (Å²) in [5, 5.41) is 9.04. The van der Waals surface area contributed by atoms with Gasteiger partial charge in [0.2, 0.25) is 0 Å². The first kappa shape index (κ1) is 18.9. The molecule has 0 aliphatic carbocycles. The summed E-state index contributed by atoms with van der Waals surface area (Å²) in [7, 11) is 2.18. The zero-order valence-corrected chi connectivity index (χ0v) is 17.4. The largest absolute Gasteiger partial charge is 0.296 e. The molecule has 1 aliphatic rings. The fraction of sp³-hybridized carbons (Fsp3) is 0.292. The molecule has 4 aromatic rings. The molecule has 1 fully saturated rings. The Balaban J connectivity index is 1.41. The molecule has 0 N–H and O–H groups in total. The molecule has 0 amide bonds. The van der Waals surface area contributed by atoms with E-state index in [1.807, 2.05) is 23.0 Å². The number of benzene rings is 1. The van der Waals surface area contributed by atoms with Crippen molar-refractivity contribution in [3.63, 3.8) is 0 Å². The maximum absolute atomic E-state index is 4.59. The first-order valence-corrected chi connectivity index (χ1v) is 10.4. The second-order valence-electron chi connectivity index (χ2n) is 8.18. The van der Waals surface area contributed by atoms with Crippen molar-refractivity contribution in [1.29, 1.82) is 0 Å². The summed E-state index contributed by atoms with van der Waals surface area (Å²) in [6.45, 7) is 5.99. The number of pyridine rings is 2. The molecule has 0 saturated carbocycles. The summed E-state index contributed by atoms with van der Waals surface area (Å²) in [6, 6.07) is 17.3. The van der Waals surface area contributed by atoms with E-state index >= 15 is 0 Å². The molecule has 4 heterocycles. The van der Waals surface area contributed by atoms with E-state index in [-0.39, 0.29) is 6.04 Å². The maximum Gasteiger partial charge on any atom is 0.109 e. The average Bonchev–Trinajstić information content (AvgIpc) is 3.19. The van der Waals surface area contributed by atoms with E-state index in [0.717, 1.165) is 43.0 Å². The molecule has 0 spiro atoms. The van der Waals surface area contributed by atoms with Gasteiger partial charge in [-0.25, -0.2) is 4.52 Å². The van der Waals surface area contributed by atoms with Crippen molar-refractivity contribution < 1.29 is 0 Å². The Bertz CT molecular complexity index is 1140. The molecule has 3 aromatic heterocycles. The Kier molecular flexibility index (Phi) is 5.02. The van der Waals surface area contributed by atoms with E-state index in [2.05, 4.69) is 87.7 Å². The van der Waals surface area contributed by atoms with E-state index in [1.54, 1.807) is 0 Å². The standard InChI is InChI=1S/C24H26N6/c1-18-5-7-20(8-6-18)21-9-10-22-24(26-27-30(22)16-21)23-17-29(13-12-28(23)2)15-19-4-3-11-25-14-19/h3-11,14,16,23H,12-13,15,17H2,1-2H3/t23-/m0/s1. The van der Waals surface area contributed by atoms with Crippen LogP contribution in [0.2, 0.25) is 0 Å². The highest BCUT2D eigenvalue weighted by Gasteiger charge is 2.29. The number of fused-ring (bicyclic) bond motifs is 1. The van der Waals surface area contributed by atoms with Crippen LogP contribution in [0.1, 0.15) is 22.9 Å². The van der Waals surface area contributed by atoms with Crippen LogP contribution in [-0.2, 0) is 6.54 Å². The van der Waals surface area contributed by atoms with Crippen molar-refractivity contribution in [3.8, 4) is 11.1 Å². The van der Waals surface area contributed by atoms with Crippen LogP contribution in [0.3, 0.4) is 0 Å². The van der Waals surface area contributed by atoms with Crippen LogP contribution in [-0.4, -0.2) is 56.3 Å². The van der Waals surface area contributed by atoms with Gasteiger partial charge in [0.15, 0.2) is 0 Å². The van der Waals surface area contributed by atoms with Crippen LogP contribution in [0.4, 0.5) is 0 Å². The summed E-state index contributed by atoms with van der Waals surface area (Å²) in [5.41, 5.74) is 6.97. The van der Waals surface area contributed by atoms with Gasteiger partial charge in [0, 0.05) is 50.3 Å². The minimum Gasteiger partial charge on any atom is -0.296 e. The molecule has 1 atom stereocenters. The van der Waals surface area contributed by atoms with Crippen molar-refractivity contribution in [2.75, 3.05) is 26.7 Å². The Morgan fingerprint density at radius 3 is 2.63 bits per heavy atom. The first-order valence-electron chi connectivity index (χ1n) is 10.4. The van der Waals surface area contributed by atoms with Gasteiger partial charge in [-0.15, -0.1) is 5.10 Å². The van der Waals surface area contributed by atoms with Gasteiger partial charge < -0.3 is 0 Å². The average molecular weight is 399 g/mol. The molecular formula is C24H26N6. The number of aromatic nitrogens is 4. The van der Waals surface area contributed by atoms with E-state index in [9.17, 15) is 0 Å². The van der Waals surface area contributed by atoms with Crippen molar-refractivity contribution in [2.24, 2.45) is 0 Å². The maximum atomic E-state index is 4.59. The third kappa shape index (κ3) is 3.72. The fourth-order valence-corrected chi connectivity index (χ4v) is 4.19. The third-order valence-electron chi connectivity index (χ3n) is 6.00. The van der Waals surface area contributed by atoms with Gasteiger partial charge in [-0.2, -0.15) is 0 Å². The van der Waals surface area contributed by atoms with Crippen molar-refractivity contribution in [3.05, 3.63) is 83.9 Å². The Hall–Kier alpha value is -3.09. The number of hydrogen-bond acceptors (Lipinski definition) is 5. The zero-order valence-electron chi connectivity index (χ0n) is 17.4. The lowest BCUT2D eigenvalue weighted by molar-refractivity contribution is 0.0889. The second kappa shape index (κ2) is 7.97. The lowest BCUT2D eigenvalue weighted by atomic mass is 10.0. The summed E-state index contributed by atoms with van der Waals surface area (Å²) >= 11 is 0. The Labute approximate surface area is 176 Å². The lowest BCUT2D eigenvalue weighted by Gasteiger charge is -2.38. The predicted molar refractivity (Wildman–Crippen MR) is 118 cm³/mol. The topological polar surface area (TPSA) is 49.6 Å². The molecule has 30 heavy (non-hydrogen) atoms. The van der Waals surface area contributed by atoms with Crippen molar-refractivity contribution in [2.45, 2.75) is 19.5 Å². The number of piperazine rings is 1. The molecule has 1 aromatic carbocycles. The van der Waals surface area contributed by atoms with Gasteiger partial charge in [-0.05, 0) is 37.2 Å². The first-order chi connectivity index (χ1) is 14.7. The molecule has 152 valence electrons. The van der Waals surface area contributed by atoms with E-state index in [0.29, 0.717) is 0 Å². The molecule has 0 unspecified atom stereocenters. The van der Waals surface area contributed by atoms with Crippen molar-refractivity contribution >= 4 is 5.52 Å². The van der Waals surface area contributed by atoms with Crippen LogP contribution < -0.4 is 0 Å². The second-order valence-corrected chi connectivity index (χ2v) is 8.18. The third-order valence-corrected chi connectivity index (χ3v) is 6.00. The normalized spacial score (nSPS) is 18.1. The SMILES string of the molecule is Cc1ccc(-c2ccc3c([C@@H]4CN(Cc5cccnc5)CCN4C)nnn3c2)cc1. The number of aryl methyl sites for hydroxylation is 1. The minimum atomic E-state index is 0.221. The molecule has 5 rings (SSSR count). The molecular weight excluding hydrogens is 372 g/mol. The minimum absolute atomic E-state index is 0.221. The van der Waals surface area contributed by atoms with Gasteiger partial charge in [-0.1, -0.05) is 47.2 Å². The zero-order chi connectivity index (χ0) is 20.5. The molecule has 1 aliphatic heterocycles. The number of likely N-dealkylation sites (N-methyl/N-ethyl adjacent to an activating group) is 1. The van der Waals surface area contributed by atoms with E-state index < -0.39 is 0 Å². The van der Waals surface area contributed by atoms with Crippen LogP contribution in [0, 0.1) is 6.92 Å². The van der Waals surface area contributed by atoms with Crippen LogP contribution in [0.15, 0.2) is 67.1 Å². The quantitative estimate of drug-likeness (QED) is 0.526. The predicted octanol–water partition coefficient (Wildman–Crippen LogP) is 3.59. The summed E-state index contributed by atoms with van der Waals surface area (Å²) in [4.78, 5) is 9.12. The number of nitrogens with zero attached hydrogens (tertiary/aromatic N) is 6. The molecule has 0 radical (unpaired) electrons. The van der Waals surface area contributed by atoms with Crippen molar-refractivity contribution in [1.82, 2.24) is 29.6 Å². The summed E-state index contributed by atoms with van der Waals surface area (Å²) < 4.78 is 1.92. The monoisotopic (exact) mass is 398 g/mol. The van der Waals surface area contributed by atoms with Gasteiger partial charge in [-0.3, -0.25) is 14.8 Å². The van der Waals surface area contributed by atoms with Crippen LogP contribution >= 0.6 is 0 Å². The highest BCUT2D eigenvalue weighted by molar-refractivity contribution is 5.66. The van der Waals surface area contributed by atoms with Gasteiger partial charge in [0.25, 0.3) is 0 Å². The molecule has 0 bridgehead atoms. The van der Waals surface area contributed by atoms with E-state index in [1.165, 1.54) is 16.7 Å². The van der Waals surface area contributed by atoms with Crippen LogP contribution in [0.25, 0.3) is 16.6 Å². The highest BCUT2D eigenvalue weighted by atomic mass is 15.4. The summed E-state index contributed by atoms with van der Waals surface area (Å²) in [5.74, 6) is 0. The molecule has 6 nitrogen and oxygen atoms in total. The lowest BCUT2D eigenvalue weighted by Crippen LogP contribution is -2.46. The fourth-order valence-electron chi connectivity index (χ4n) is 4.19. The molecule has 6 heteroatoms.